The quantitative estimate of drug-likeness (QED) is 0.863. The second kappa shape index (κ2) is 7.85. The second-order valence-electron chi connectivity index (χ2n) is 6.44. The van der Waals surface area contributed by atoms with Crippen LogP contribution in [0.3, 0.4) is 0 Å². The molecule has 0 aromatic heterocycles. The number of nitrogens with zero attached hydrogens (tertiary/aromatic N) is 1. The third-order valence-electron chi connectivity index (χ3n) is 4.13. The number of hydrogen-bond acceptors (Lipinski definition) is 2. The summed E-state index contributed by atoms with van der Waals surface area (Å²) in [7, 11) is 0. The molecule has 0 atom stereocenters. The van der Waals surface area contributed by atoms with Crippen LogP contribution in [0.5, 0.6) is 0 Å². The summed E-state index contributed by atoms with van der Waals surface area (Å²) in [5.74, 6) is -0.782. The fourth-order valence-corrected chi connectivity index (χ4v) is 2.77. The molecule has 0 aliphatic carbocycles. The SMILES string of the molecule is CC(C)CCNC1CCN(Cc2ccc(F)c(F)c2)CC1. The Labute approximate surface area is 126 Å². The maximum atomic E-state index is 13.2. The summed E-state index contributed by atoms with van der Waals surface area (Å²) < 4.78 is 26.1. The van der Waals surface area contributed by atoms with Crippen LogP contribution in [0.4, 0.5) is 8.78 Å². The highest BCUT2D eigenvalue weighted by molar-refractivity contribution is 5.17. The predicted octanol–water partition coefficient (Wildman–Crippen LogP) is 3.56. The molecule has 1 fully saturated rings. The molecule has 0 bridgehead atoms. The summed E-state index contributed by atoms with van der Waals surface area (Å²) in [6.07, 6.45) is 3.47. The van der Waals surface area contributed by atoms with Gasteiger partial charge in [-0.2, -0.15) is 0 Å². The van der Waals surface area contributed by atoms with Crippen LogP contribution < -0.4 is 5.32 Å². The van der Waals surface area contributed by atoms with Crippen LogP contribution in [0.1, 0.15) is 38.7 Å². The zero-order chi connectivity index (χ0) is 15.2. The van der Waals surface area contributed by atoms with Crippen molar-refractivity contribution < 1.29 is 8.78 Å². The zero-order valence-corrected chi connectivity index (χ0v) is 13.0. The van der Waals surface area contributed by atoms with Gasteiger partial charge in [0.15, 0.2) is 11.6 Å². The monoisotopic (exact) mass is 296 g/mol. The average molecular weight is 296 g/mol. The van der Waals surface area contributed by atoms with E-state index >= 15 is 0 Å². The van der Waals surface area contributed by atoms with Crippen LogP contribution in [-0.4, -0.2) is 30.6 Å². The lowest BCUT2D eigenvalue weighted by molar-refractivity contribution is 0.189. The molecule has 1 aromatic carbocycles. The first-order chi connectivity index (χ1) is 10.0. The van der Waals surface area contributed by atoms with Gasteiger partial charge in [0.2, 0.25) is 0 Å². The highest BCUT2D eigenvalue weighted by Crippen LogP contribution is 2.16. The maximum absolute atomic E-state index is 13.2. The van der Waals surface area contributed by atoms with Crippen molar-refractivity contribution in [3.63, 3.8) is 0 Å². The minimum Gasteiger partial charge on any atom is -0.314 e. The zero-order valence-electron chi connectivity index (χ0n) is 13.0. The Morgan fingerprint density at radius 1 is 1.19 bits per heavy atom. The molecule has 118 valence electrons. The molecular weight excluding hydrogens is 270 g/mol. The summed E-state index contributed by atoms with van der Waals surface area (Å²) in [4.78, 5) is 2.31. The Balaban J connectivity index is 1.72. The third kappa shape index (κ3) is 5.36. The molecule has 0 saturated carbocycles. The number of halogens is 2. The Bertz CT molecular complexity index is 440. The molecule has 4 heteroatoms. The van der Waals surface area contributed by atoms with E-state index in [4.69, 9.17) is 0 Å². The maximum Gasteiger partial charge on any atom is 0.159 e. The van der Waals surface area contributed by atoms with Crippen molar-refractivity contribution in [1.82, 2.24) is 10.2 Å². The molecule has 0 spiro atoms. The first kappa shape index (κ1) is 16.4. The molecule has 1 aliphatic heterocycles. The van der Waals surface area contributed by atoms with Crippen LogP contribution >= 0.6 is 0 Å². The molecule has 2 nitrogen and oxygen atoms in total. The molecule has 0 amide bonds. The lowest BCUT2D eigenvalue weighted by atomic mass is 10.0. The minimum atomic E-state index is -0.771. The van der Waals surface area contributed by atoms with Gasteiger partial charge in [-0.3, -0.25) is 4.90 Å². The van der Waals surface area contributed by atoms with Gasteiger partial charge < -0.3 is 5.32 Å². The highest BCUT2D eigenvalue weighted by atomic mass is 19.2. The molecule has 0 unspecified atom stereocenters. The number of hydrogen-bond donors (Lipinski definition) is 1. The summed E-state index contributed by atoms with van der Waals surface area (Å²) in [6, 6.07) is 4.79. The summed E-state index contributed by atoms with van der Waals surface area (Å²) in [6.45, 7) is 8.30. The molecule has 1 heterocycles. The summed E-state index contributed by atoms with van der Waals surface area (Å²) in [5, 5.41) is 3.62. The highest BCUT2D eigenvalue weighted by Gasteiger charge is 2.19. The van der Waals surface area contributed by atoms with Crippen LogP contribution in [0.2, 0.25) is 0 Å². The third-order valence-corrected chi connectivity index (χ3v) is 4.13. The van der Waals surface area contributed by atoms with Gasteiger partial charge in [-0.15, -0.1) is 0 Å². The Hall–Kier alpha value is -1.00. The number of benzene rings is 1. The van der Waals surface area contributed by atoms with Crippen LogP contribution in [-0.2, 0) is 6.54 Å². The van der Waals surface area contributed by atoms with Crippen molar-refractivity contribution in [2.45, 2.75) is 45.7 Å². The van der Waals surface area contributed by atoms with E-state index in [1.165, 1.54) is 18.6 Å². The molecule has 1 aliphatic rings. The first-order valence-corrected chi connectivity index (χ1v) is 7.94. The van der Waals surface area contributed by atoms with E-state index in [2.05, 4.69) is 24.1 Å². The Morgan fingerprint density at radius 2 is 1.90 bits per heavy atom. The van der Waals surface area contributed by atoms with Crippen LogP contribution in [0, 0.1) is 17.6 Å². The van der Waals surface area contributed by atoms with E-state index in [1.807, 2.05) is 0 Å². The van der Waals surface area contributed by atoms with Gasteiger partial charge >= 0.3 is 0 Å². The molecule has 1 saturated heterocycles. The molecular formula is C17H26F2N2. The van der Waals surface area contributed by atoms with Crippen molar-refractivity contribution in [1.29, 1.82) is 0 Å². The van der Waals surface area contributed by atoms with E-state index in [9.17, 15) is 8.78 Å². The lowest BCUT2D eigenvalue weighted by Crippen LogP contribution is -2.42. The smallest absolute Gasteiger partial charge is 0.159 e. The van der Waals surface area contributed by atoms with E-state index in [0.29, 0.717) is 12.6 Å². The van der Waals surface area contributed by atoms with Gasteiger partial charge in [0.1, 0.15) is 0 Å². The largest absolute Gasteiger partial charge is 0.314 e. The molecule has 2 rings (SSSR count). The number of rotatable bonds is 6. The molecule has 1 aromatic rings. The van der Waals surface area contributed by atoms with Gasteiger partial charge in [-0.05, 0) is 62.5 Å². The second-order valence-corrected chi connectivity index (χ2v) is 6.44. The fraction of sp³-hybridized carbons (Fsp3) is 0.647. The molecule has 21 heavy (non-hydrogen) atoms. The van der Waals surface area contributed by atoms with Crippen molar-refractivity contribution >= 4 is 0 Å². The summed E-state index contributed by atoms with van der Waals surface area (Å²) >= 11 is 0. The normalized spacial score (nSPS) is 17.6. The van der Waals surface area contributed by atoms with Gasteiger partial charge in [0.25, 0.3) is 0 Å². The fourth-order valence-electron chi connectivity index (χ4n) is 2.77. The van der Waals surface area contributed by atoms with E-state index in [-0.39, 0.29) is 0 Å². The van der Waals surface area contributed by atoms with Crippen molar-refractivity contribution in [3.05, 3.63) is 35.4 Å². The van der Waals surface area contributed by atoms with Crippen LogP contribution in [0.15, 0.2) is 18.2 Å². The van der Waals surface area contributed by atoms with Gasteiger partial charge in [-0.1, -0.05) is 19.9 Å². The van der Waals surface area contributed by atoms with Crippen molar-refractivity contribution in [2.24, 2.45) is 5.92 Å². The Kier molecular flexibility index (Phi) is 6.12. The summed E-state index contributed by atoms with van der Waals surface area (Å²) in [5.41, 5.74) is 0.847. The topological polar surface area (TPSA) is 15.3 Å². The lowest BCUT2D eigenvalue weighted by Gasteiger charge is -2.32. The van der Waals surface area contributed by atoms with Gasteiger partial charge in [-0.25, -0.2) is 8.78 Å². The number of likely N-dealkylation sites (tertiary alicyclic amines) is 1. The van der Waals surface area contributed by atoms with Crippen molar-refractivity contribution in [2.75, 3.05) is 19.6 Å². The van der Waals surface area contributed by atoms with E-state index in [1.54, 1.807) is 6.07 Å². The molecule has 0 radical (unpaired) electrons. The average Bonchev–Trinajstić information content (AvgIpc) is 2.44. The van der Waals surface area contributed by atoms with Gasteiger partial charge in [0, 0.05) is 12.6 Å². The standard InChI is InChI=1S/C17H26F2N2/c1-13(2)5-8-20-15-6-9-21(10-7-15)12-14-3-4-16(18)17(19)11-14/h3-4,11,13,15,20H,5-10,12H2,1-2H3. The number of nitrogens with one attached hydrogen (secondary N) is 1. The van der Waals surface area contributed by atoms with Crippen molar-refractivity contribution in [3.8, 4) is 0 Å². The van der Waals surface area contributed by atoms with E-state index in [0.717, 1.165) is 44.0 Å². The first-order valence-electron chi connectivity index (χ1n) is 7.94. The number of piperidine rings is 1. The van der Waals surface area contributed by atoms with Gasteiger partial charge in [0.05, 0.1) is 0 Å². The van der Waals surface area contributed by atoms with E-state index < -0.39 is 11.6 Å². The Morgan fingerprint density at radius 3 is 2.52 bits per heavy atom. The minimum absolute atomic E-state index is 0.602. The van der Waals surface area contributed by atoms with Crippen LogP contribution in [0.25, 0.3) is 0 Å². The molecule has 1 N–H and O–H groups in total. The predicted molar refractivity (Wildman–Crippen MR) is 82.1 cm³/mol.